The molecule has 1 aliphatic heterocycles. The Morgan fingerprint density at radius 1 is 1.67 bits per heavy atom. The van der Waals surface area contributed by atoms with Crippen molar-refractivity contribution in [1.82, 2.24) is 0 Å². The maximum absolute atomic E-state index is 6.91. The third-order valence-electron chi connectivity index (χ3n) is 1.43. The van der Waals surface area contributed by atoms with Gasteiger partial charge in [-0.15, -0.1) is 6.20 Å². The fraction of sp³-hybridized carbons (Fsp3) is 0.429. The van der Waals surface area contributed by atoms with Crippen LogP contribution >= 0.6 is 0 Å². The summed E-state index contributed by atoms with van der Waals surface area (Å²) < 4.78 is 5.11. The summed E-state index contributed by atoms with van der Waals surface area (Å²) in [6.45, 7) is 2.71. The summed E-state index contributed by atoms with van der Waals surface area (Å²) in [6.07, 6.45) is 4.22. The van der Waals surface area contributed by atoms with Gasteiger partial charge in [-0.3, -0.25) is 0 Å². The Labute approximate surface area is 55.0 Å². The topological polar surface area (TPSA) is 33.0 Å². The third-order valence-corrected chi connectivity index (χ3v) is 1.43. The van der Waals surface area contributed by atoms with Gasteiger partial charge in [0.05, 0.1) is 12.4 Å². The zero-order valence-corrected chi connectivity index (χ0v) is 5.48. The molecule has 50 valence electrons. The van der Waals surface area contributed by atoms with E-state index in [1.54, 1.807) is 0 Å². The predicted octanol–water partition coefficient (Wildman–Crippen LogP) is 2.25. The van der Waals surface area contributed by atoms with Gasteiger partial charge in [0.15, 0.2) is 0 Å². The standard InChI is InChI=1S/C7H10NO/c1-2-6-3-4-9-7(6)5-8/h2,5,8H,3-4H2,1H3/q-1/b6-2-,7-5+. The van der Waals surface area contributed by atoms with E-state index < -0.39 is 0 Å². The minimum absolute atomic E-state index is 0.734. The zero-order valence-electron chi connectivity index (χ0n) is 5.48. The second kappa shape index (κ2) is 2.58. The van der Waals surface area contributed by atoms with Gasteiger partial charge in [-0.2, -0.15) is 0 Å². The lowest BCUT2D eigenvalue weighted by Crippen LogP contribution is -1.77. The van der Waals surface area contributed by atoms with Crippen LogP contribution in [0.2, 0.25) is 0 Å². The first-order chi connectivity index (χ1) is 4.38. The molecule has 0 aromatic heterocycles. The van der Waals surface area contributed by atoms with Crippen LogP contribution in [0.4, 0.5) is 0 Å². The molecule has 2 heteroatoms. The number of ether oxygens (including phenoxy) is 1. The van der Waals surface area contributed by atoms with E-state index in [0.717, 1.165) is 24.4 Å². The maximum atomic E-state index is 6.91. The Morgan fingerprint density at radius 3 is 2.89 bits per heavy atom. The van der Waals surface area contributed by atoms with E-state index in [-0.39, 0.29) is 0 Å². The van der Waals surface area contributed by atoms with Crippen molar-refractivity contribution < 1.29 is 4.74 Å². The maximum Gasteiger partial charge on any atom is 0.0996 e. The fourth-order valence-electron chi connectivity index (χ4n) is 0.908. The monoisotopic (exact) mass is 124 g/mol. The molecule has 1 rings (SSSR count). The molecule has 0 bridgehead atoms. The van der Waals surface area contributed by atoms with Crippen molar-refractivity contribution in [2.45, 2.75) is 13.3 Å². The number of hydrogen-bond acceptors (Lipinski definition) is 1. The van der Waals surface area contributed by atoms with E-state index in [1.165, 1.54) is 6.20 Å². The number of nitrogens with one attached hydrogen (secondary N) is 1. The summed E-state index contributed by atoms with van der Waals surface area (Å²) in [4.78, 5) is 0. The molecular formula is C7H10NO-. The highest BCUT2D eigenvalue weighted by atomic mass is 16.5. The van der Waals surface area contributed by atoms with Crippen LogP contribution in [0.15, 0.2) is 23.6 Å². The number of hydrogen-bond donors (Lipinski definition) is 0. The molecule has 9 heavy (non-hydrogen) atoms. The van der Waals surface area contributed by atoms with E-state index in [2.05, 4.69) is 0 Å². The van der Waals surface area contributed by atoms with Gasteiger partial charge in [0.1, 0.15) is 0 Å². The normalized spacial score (nSPS) is 27.2. The minimum Gasteiger partial charge on any atom is -0.702 e. The van der Waals surface area contributed by atoms with Crippen molar-refractivity contribution in [2.24, 2.45) is 0 Å². The van der Waals surface area contributed by atoms with Gasteiger partial charge in [-0.1, -0.05) is 6.08 Å². The second-order valence-electron chi connectivity index (χ2n) is 1.92. The quantitative estimate of drug-likeness (QED) is 0.487. The van der Waals surface area contributed by atoms with Gasteiger partial charge in [0.25, 0.3) is 0 Å². The second-order valence-corrected chi connectivity index (χ2v) is 1.92. The minimum atomic E-state index is 0.734. The van der Waals surface area contributed by atoms with Gasteiger partial charge >= 0.3 is 0 Å². The summed E-state index contributed by atoms with van der Waals surface area (Å²) in [7, 11) is 0. The SMILES string of the molecule is C/C=C1/CCO/C1=C/[NH-]. The van der Waals surface area contributed by atoms with Gasteiger partial charge < -0.3 is 10.5 Å². The summed E-state index contributed by atoms with van der Waals surface area (Å²) in [5.74, 6) is 0.734. The van der Waals surface area contributed by atoms with E-state index in [9.17, 15) is 0 Å². The first-order valence-electron chi connectivity index (χ1n) is 3.04. The van der Waals surface area contributed by atoms with Crippen LogP contribution in [0.5, 0.6) is 0 Å². The van der Waals surface area contributed by atoms with Crippen molar-refractivity contribution in [1.29, 1.82) is 0 Å². The highest BCUT2D eigenvalue weighted by Crippen LogP contribution is 2.22. The van der Waals surface area contributed by atoms with Crippen molar-refractivity contribution >= 4 is 0 Å². The van der Waals surface area contributed by atoms with Crippen molar-refractivity contribution in [3.63, 3.8) is 0 Å². The molecule has 0 aromatic rings. The Hall–Kier alpha value is -0.920. The Morgan fingerprint density at radius 2 is 2.44 bits per heavy atom. The molecule has 0 unspecified atom stereocenters. The first-order valence-corrected chi connectivity index (χ1v) is 3.04. The van der Waals surface area contributed by atoms with Crippen molar-refractivity contribution in [3.05, 3.63) is 29.3 Å². The molecule has 0 atom stereocenters. The molecule has 1 heterocycles. The molecule has 0 spiro atoms. The molecule has 0 saturated carbocycles. The summed E-state index contributed by atoms with van der Waals surface area (Å²) >= 11 is 0. The van der Waals surface area contributed by atoms with Crippen molar-refractivity contribution in [2.75, 3.05) is 6.61 Å². The highest BCUT2D eigenvalue weighted by molar-refractivity contribution is 5.29. The third kappa shape index (κ3) is 1.07. The average molecular weight is 124 g/mol. The Bertz CT molecular complexity index is 140. The largest absolute Gasteiger partial charge is 0.702 e. The molecule has 1 fully saturated rings. The molecule has 2 nitrogen and oxygen atoms in total. The number of allylic oxidation sites excluding steroid dienone is 2. The summed E-state index contributed by atoms with van der Waals surface area (Å²) in [5.41, 5.74) is 8.06. The zero-order chi connectivity index (χ0) is 6.69. The van der Waals surface area contributed by atoms with Gasteiger partial charge in [0.2, 0.25) is 0 Å². The van der Waals surface area contributed by atoms with Crippen LogP contribution in [0.3, 0.4) is 0 Å². The molecule has 1 aliphatic rings. The van der Waals surface area contributed by atoms with Gasteiger partial charge in [-0.05, 0) is 12.5 Å². The first kappa shape index (κ1) is 6.20. The smallest absolute Gasteiger partial charge is 0.0996 e. The lowest BCUT2D eigenvalue weighted by Gasteiger charge is -1.99. The Balaban J connectivity index is 2.75. The van der Waals surface area contributed by atoms with Crippen LogP contribution < -0.4 is 0 Å². The van der Waals surface area contributed by atoms with Crippen LogP contribution in [0.25, 0.3) is 5.73 Å². The molecule has 0 aromatic carbocycles. The Kier molecular flexibility index (Phi) is 1.78. The van der Waals surface area contributed by atoms with E-state index in [4.69, 9.17) is 10.5 Å². The number of rotatable bonds is 0. The highest BCUT2D eigenvalue weighted by Gasteiger charge is 2.10. The van der Waals surface area contributed by atoms with Crippen molar-refractivity contribution in [3.8, 4) is 0 Å². The molecule has 0 aliphatic carbocycles. The molecule has 0 amide bonds. The molecule has 0 radical (unpaired) electrons. The van der Waals surface area contributed by atoms with Gasteiger partial charge in [-0.25, -0.2) is 0 Å². The fourth-order valence-corrected chi connectivity index (χ4v) is 0.908. The van der Waals surface area contributed by atoms with Crippen LogP contribution in [-0.4, -0.2) is 6.61 Å². The molecule has 1 saturated heterocycles. The average Bonchev–Trinajstić information content (AvgIpc) is 2.33. The van der Waals surface area contributed by atoms with Crippen LogP contribution in [0, 0.1) is 0 Å². The lowest BCUT2D eigenvalue weighted by atomic mass is 10.2. The van der Waals surface area contributed by atoms with E-state index in [0.29, 0.717) is 0 Å². The summed E-state index contributed by atoms with van der Waals surface area (Å²) in [6, 6.07) is 0. The van der Waals surface area contributed by atoms with E-state index in [1.807, 2.05) is 13.0 Å². The van der Waals surface area contributed by atoms with Gasteiger partial charge in [0, 0.05) is 6.42 Å². The van der Waals surface area contributed by atoms with Crippen LogP contribution in [-0.2, 0) is 4.74 Å². The summed E-state index contributed by atoms with van der Waals surface area (Å²) in [5, 5.41) is 0. The lowest BCUT2D eigenvalue weighted by molar-refractivity contribution is 0.266. The van der Waals surface area contributed by atoms with Crippen LogP contribution in [0.1, 0.15) is 13.3 Å². The van der Waals surface area contributed by atoms with E-state index >= 15 is 0 Å². The molecular weight excluding hydrogens is 114 g/mol. The predicted molar refractivity (Wildman–Crippen MR) is 36.7 cm³/mol. The molecule has 1 N–H and O–H groups in total.